The third kappa shape index (κ3) is 5.62. The Hall–Kier alpha value is -3.88. The predicted octanol–water partition coefficient (Wildman–Crippen LogP) is 3.15. The molecule has 184 valence electrons. The summed E-state index contributed by atoms with van der Waals surface area (Å²) < 4.78 is 5.94. The largest absolute Gasteiger partial charge is 0.489 e. The van der Waals surface area contributed by atoms with Crippen molar-refractivity contribution in [1.29, 1.82) is 5.41 Å². The number of aliphatic carboxylic acids is 1. The lowest BCUT2D eigenvalue weighted by molar-refractivity contribution is -0.137. The Balaban J connectivity index is 1.63. The van der Waals surface area contributed by atoms with Crippen molar-refractivity contribution in [1.82, 2.24) is 4.90 Å². The van der Waals surface area contributed by atoms with Gasteiger partial charge in [-0.1, -0.05) is 37.5 Å². The summed E-state index contributed by atoms with van der Waals surface area (Å²) in [4.78, 5) is 40.9. The van der Waals surface area contributed by atoms with Crippen LogP contribution in [0.25, 0.3) is 0 Å². The Morgan fingerprint density at radius 2 is 1.89 bits per heavy atom. The van der Waals surface area contributed by atoms with Gasteiger partial charge in [-0.15, -0.1) is 0 Å². The average Bonchev–Trinajstić information content (AvgIpc) is 2.96. The maximum absolute atomic E-state index is 13.4. The lowest BCUT2D eigenvalue weighted by Gasteiger charge is -2.34. The molecule has 1 fully saturated rings. The minimum absolute atomic E-state index is 0.0170. The molecule has 1 aliphatic heterocycles. The molecule has 0 unspecified atom stereocenters. The van der Waals surface area contributed by atoms with E-state index >= 15 is 0 Å². The molecule has 0 spiro atoms. The van der Waals surface area contributed by atoms with Crippen molar-refractivity contribution >= 4 is 29.3 Å². The molecule has 1 aliphatic carbocycles. The smallest absolute Gasteiger partial charge is 0.305 e. The first-order valence-corrected chi connectivity index (χ1v) is 11.9. The normalized spacial score (nSPS) is 16.6. The molecule has 9 nitrogen and oxygen atoms in total. The molecule has 2 amide bonds. The Labute approximate surface area is 204 Å². The number of ether oxygens (including phenoxy) is 1. The summed E-state index contributed by atoms with van der Waals surface area (Å²) in [6.07, 6.45) is 4.70. The maximum Gasteiger partial charge on any atom is 0.305 e. The van der Waals surface area contributed by atoms with Gasteiger partial charge in [-0.3, -0.25) is 19.8 Å². The Morgan fingerprint density at radius 3 is 2.60 bits per heavy atom. The highest BCUT2D eigenvalue weighted by Gasteiger charge is 2.36. The summed E-state index contributed by atoms with van der Waals surface area (Å²) in [6, 6.07) is 12.3. The van der Waals surface area contributed by atoms with E-state index in [4.69, 9.17) is 21.0 Å². The quantitative estimate of drug-likeness (QED) is 0.394. The van der Waals surface area contributed by atoms with E-state index in [-0.39, 0.29) is 49.8 Å². The number of nitrogens with one attached hydrogen (secondary N) is 1. The zero-order valence-electron chi connectivity index (χ0n) is 19.5. The number of carbonyl (C=O) groups is 3. The van der Waals surface area contributed by atoms with Crippen molar-refractivity contribution < 1.29 is 24.2 Å². The summed E-state index contributed by atoms with van der Waals surface area (Å²) in [6.45, 7) is 0.0220. The summed E-state index contributed by atoms with van der Waals surface area (Å²) in [5.74, 6) is -1.16. The second-order valence-corrected chi connectivity index (χ2v) is 9.01. The molecule has 1 saturated carbocycles. The van der Waals surface area contributed by atoms with E-state index in [0.717, 1.165) is 37.7 Å². The van der Waals surface area contributed by atoms with E-state index in [1.807, 2.05) is 6.07 Å². The minimum Gasteiger partial charge on any atom is -0.489 e. The fraction of sp³-hybridized carbons (Fsp3) is 0.385. The number of hydrogen-bond acceptors (Lipinski definition) is 5. The van der Waals surface area contributed by atoms with Gasteiger partial charge in [0, 0.05) is 18.2 Å². The fourth-order valence-electron chi connectivity index (χ4n) is 4.75. The number of carboxylic acid groups (broad SMARTS) is 1. The first kappa shape index (κ1) is 24.3. The number of rotatable bonds is 8. The van der Waals surface area contributed by atoms with Gasteiger partial charge in [0.05, 0.1) is 17.7 Å². The molecule has 0 saturated heterocycles. The first-order valence-electron chi connectivity index (χ1n) is 11.9. The van der Waals surface area contributed by atoms with Crippen LogP contribution in [0, 0.1) is 5.41 Å². The second-order valence-electron chi connectivity index (χ2n) is 9.01. The van der Waals surface area contributed by atoms with Gasteiger partial charge in [0.25, 0.3) is 5.91 Å². The Bertz CT molecular complexity index is 1140. The highest BCUT2D eigenvalue weighted by molar-refractivity contribution is 6.10. The monoisotopic (exact) mass is 478 g/mol. The average molecular weight is 479 g/mol. The molecule has 35 heavy (non-hydrogen) atoms. The number of amidine groups is 1. The molecule has 0 bridgehead atoms. The lowest BCUT2D eigenvalue weighted by atomic mass is 9.93. The summed E-state index contributed by atoms with van der Waals surface area (Å²) >= 11 is 0. The van der Waals surface area contributed by atoms with Crippen molar-refractivity contribution in [2.24, 2.45) is 5.73 Å². The number of nitrogens with two attached hydrogens (primary N) is 1. The van der Waals surface area contributed by atoms with Gasteiger partial charge in [-0.25, -0.2) is 0 Å². The molecule has 0 radical (unpaired) electrons. The highest BCUT2D eigenvalue weighted by Crippen LogP contribution is 2.35. The van der Waals surface area contributed by atoms with E-state index in [2.05, 4.69) is 0 Å². The van der Waals surface area contributed by atoms with Crippen LogP contribution < -0.4 is 15.4 Å². The van der Waals surface area contributed by atoms with E-state index in [1.165, 1.54) is 4.90 Å². The van der Waals surface area contributed by atoms with Crippen LogP contribution in [0.15, 0.2) is 42.5 Å². The summed E-state index contributed by atoms with van der Waals surface area (Å²) in [5.41, 5.74) is 7.87. The molecule has 0 aromatic heterocycles. The predicted molar refractivity (Wildman–Crippen MR) is 131 cm³/mol. The first-order chi connectivity index (χ1) is 16.8. The second kappa shape index (κ2) is 10.6. The Morgan fingerprint density at radius 1 is 1.11 bits per heavy atom. The van der Waals surface area contributed by atoms with E-state index in [9.17, 15) is 14.4 Å². The van der Waals surface area contributed by atoms with Crippen LogP contribution in [0.3, 0.4) is 0 Å². The zero-order valence-corrected chi connectivity index (χ0v) is 19.5. The number of benzene rings is 2. The van der Waals surface area contributed by atoms with Gasteiger partial charge in [0.15, 0.2) is 0 Å². The van der Waals surface area contributed by atoms with Crippen LogP contribution in [0.1, 0.15) is 60.0 Å². The van der Waals surface area contributed by atoms with Gasteiger partial charge in [-0.2, -0.15) is 0 Å². The van der Waals surface area contributed by atoms with Crippen molar-refractivity contribution in [3.63, 3.8) is 0 Å². The molecule has 2 aliphatic rings. The van der Waals surface area contributed by atoms with Crippen LogP contribution in [0.2, 0.25) is 0 Å². The van der Waals surface area contributed by atoms with E-state index in [0.29, 0.717) is 22.6 Å². The minimum atomic E-state index is -1.02. The number of fused-ring (bicyclic) bond motifs is 1. The van der Waals surface area contributed by atoms with E-state index in [1.54, 1.807) is 41.3 Å². The molecule has 2 aromatic carbocycles. The molecule has 4 N–H and O–H groups in total. The van der Waals surface area contributed by atoms with Crippen LogP contribution in [-0.2, 0) is 16.2 Å². The fourth-order valence-corrected chi connectivity index (χ4v) is 4.75. The molecular weight excluding hydrogens is 448 g/mol. The van der Waals surface area contributed by atoms with Crippen LogP contribution in [-0.4, -0.2) is 52.8 Å². The highest BCUT2D eigenvalue weighted by atomic mass is 16.5. The van der Waals surface area contributed by atoms with Gasteiger partial charge in [-0.05, 0) is 42.7 Å². The van der Waals surface area contributed by atoms with Crippen LogP contribution in [0.5, 0.6) is 5.75 Å². The standard InChI is InChI=1S/C26H30N4O5/c27-25(28)18-6-4-5-17(13-18)16-35-20-9-10-22-21(14-20)26(34)29(12-11-24(32)33)15-23(31)30(22)19-7-2-1-3-8-19/h4-6,9-10,13-14,19H,1-3,7-8,11-12,15-16H2,(H3,27,28)(H,32,33). The number of carboxylic acids is 1. The van der Waals surface area contributed by atoms with Gasteiger partial charge in [0.2, 0.25) is 5.91 Å². The molecular formula is C26H30N4O5. The van der Waals surface area contributed by atoms with Gasteiger partial charge >= 0.3 is 5.97 Å². The number of carbonyl (C=O) groups excluding carboxylic acids is 2. The third-order valence-electron chi connectivity index (χ3n) is 6.52. The lowest BCUT2D eigenvalue weighted by Crippen LogP contribution is -2.45. The van der Waals surface area contributed by atoms with Crippen molar-refractivity contribution in [2.45, 2.75) is 51.2 Å². The topological polar surface area (TPSA) is 137 Å². The van der Waals surface area contributed by atoms with Gasteiger partial charge < -0.3 is 25.4 Å². The summed E-state index contributed by atoms with van der Waals surface area (Å²) in [7, 11) is 0. The van der Waals surface area contributed by atoms with Crippen molar-refractivity contribution in [3.8, 4) is 5.75 Å². The number of nitrogen functional groups attached to an aromatic ring is 1. The molecule has 4 rings (SSSR count). The molecule has 2 aromatic rings. The third-order valence-corrected chi connectivity index (χ3v) is 6.52. The van der Waals surface area contributed by atoms with Crippen LogP contribution >= 0.6 is 0 Å². The van der Waals surface area contributed by atoms with Crippen LogP contribution in [0.4, 0.5) is 5.69 Å². The van der Waals surface area contributed by atoms with Gasteiger partial charge in [0.1, 0.15) is 24.7 Å². The van der Waals surface area contributed by atoms with Crippen molar-refractivity contribution in [3.05, 3.63) is 59.2 Å². The number of anilines is 1. The molecule has 1 heterocycles. The number of amides is 2. The SMILES string of the molecule is N=C(N)c1cccc(COc2ccc3c(c2)C(=O)N(CCC(=O)O)CC(=O)N3C2CCCCC2)c1. The summed E-state index contributed by atoms with van der Waals surface area (Å²) in [5, 5.41) is 16.7. The van der Waals surface area contributed by atoms with E-state index < -0.39 is 5.97 Å². The van der Waals surface area contributed by atoms with Crippen molar-refractivity contribution in [2.75, 3.05) is 18.0 Å². The Kier molecular flexibility index (Phi) is 7.33. The molecule has 9 heteroatoms. The number of nitrogens with zero attached hydrogens (tertiary/aromatic N) is 2. The maximum atomic E-state index is 13.4. The number of hydrogen-bond donors (Lipinski definition) is 3. The zero-order chi connectivity index (χ0) is 24.9. The molecule has 0 atom stereocenters.